The second-order valence-corrected chi connectivity index (χ2v) is 6.71. The number of rotatable bonds is 4. The zero-order chi connectivity index (χ0) is 16.9. The Morgan fingerprint density at radius 2 is 2.00 bits per heavy atom. The van der Waals surface area contributed by atoms with Crippen LogP contribution in [-0.2, 0) is 11.2 Å². The van der Waals surface area contributed by atoms with Crippen molar-refractivity contribution in [1.29, 1.82) is 0 Å². The number of nitrogens with zero attached hydrogens (tertiary/aromatic N) is 1. The molecule has 0 saturated carbocycles. The van der Waals surface area contributed by atoms with Crippen LogP contribution in [0.2, 0.25) is 5.02 Å². The van der Waals surface area contributed by atoms with E-state index in [2.05, 4.69) is 4.98 Å². The van der Waals surface area contributed by atoms with Gasteiger partial charge < -0.3 is 9.88 Å². The minimum Gasteiger partial charge on any atom is -0.343 e. The second-order valence-electron chi connectivity index (χ2n) is 6.27. The number of H-pyrrole nitrogens is 1. The quantitative estimate of drug-likeness (QED) is 0.924. The van der Waals surface area contributed by atoms with Crippen LogP contribution in [0.1, 0.15) is 36.3 Å². The zero-order valence-corrected chi connectivity index (χ0v) is 14.3. The van der Waals surface area contributed by atoms with Gasteiger partial charge in [0.05, 0.1) is 0 Å². The summed E-state index contributed by atoms with van der Waals surface area (Å²) in [4.78, 5) is 28.4. The number of aromatic nitrogens is 1. The minimum absolute atomic E-state index is 0.0625. The van der Waals surface area contributed by atoms with Gasteiger partial charge in [-0.25, -0.2) is 0 Å². The number of benzene rings is 1. The summed E-state index contributed by atoms with van der Waals surface area (Å²) in [5, 5.41) is 0.707. The summed E-state index contributed by atoms with van der Waals surface area (Å²) in [5.41, 5.74) is 2.10. The summed E-state index contributed by atoms with van der Waals surface area (Å²) in [6, 6.07) is 11.3. The monoisotopic (exact) mass is 344 g/mol. The van der Waals surface area contributed by atoms with Crippen LogP contribution in [0.3, 0.4) is 0 Å². The Labute approximate surface area is 146 Å². The highest BCUT2D eigenvalue weighted by molar-refractivity contribution is 6.30. The second kappa shape index (κ2) is 7.67. The summed E-state index contributed by atoms with van der Waals surface area (Å²) in [7, 11) is 0. The molecular formula is C19H21ClN2O2. The molecule has 1 fully saturated rings. The Hall–Kier alpha value is -2.07. The summed E-state index contributed by atoms with van der Waals surface area (Å²) < 4.78 is 0. The maximum Gasteiger partial charge on any atom is 0.248 e. The predicted octanol–water partition coefficient (Wildman–Crippen LogP) is 3.37. The number of halogens is 1. The molecule has 1 aliphatic heterocycles. The standard InChI is InChI=1S/C19H21ClN2O2/c20-17-3-1-2-14(12-17)4-5-19(24)22-10-7-15(8-11-22)16-6-9-21-18(23)13-16/h1-3,6,9,12-13,15H,4-5,7-8,10-11H2,(H,21,23). The molecule has 0 radical (unpaired) electrons. The smallest absolute Gasteiger partial charge is 0.248 e. The lowest BCUT2D eigenvalue weighted by atomic mass is 9.90. The van der Waals surface area contributed by atoms with E-state index < -0.39 is 0 Å². The van der Waals surface area contributed by atoms with Crippen molar-refractivity contribution in [3.63, 3.8) is 0 Å². The van der Waals surface area contributed by atoms with Crippen molar-refractivity contribution < 1.29 is 4.79 Å². The molecule has 2 aromatic rings. The highest BCUT2D eigenvalue weighted by Crippen LogP contribution is 2.27. The van der Waals surface area contributed by atoms with Gasteiger partial charge in [-0.1, -0.05) is 23.7 Å². The highest BCUT2D eigenvalue weighted by atomic mass is 35.5. The van der Waals surface area contributed by atoms with Gasteiger partial charge in [0.1, 0.15) is 0 Å². The van der Waals surface area contributed by atoms with Gasteiger partial charge in [0, 0.05) is 36.8 Å². The van der Waals surface area contributed by atoms with Crippen LogP contribution in [0, 0.1) is 0 Å². The number of pyridine rings is 1. The molecule has 1 amide bonds. The predicted molar refractivity (Wildman–Crippen MR) is 95.4 cm³/mol. The average Bonchev–Trinajstić information content (AvgIpc) is 2.60. The summed E-state index contributed by atoms with van der Waals surface area (Å²) in [6.45, 7) is 1.51. The maximum atomic E-state index is 12.4. The van der Waals surface area contributed by atoms with Gasteiger partial charge in [-0.05, 0) is 54.5 Å². The third-order valence-corrected chi connectivity index (χ3v) is 4.87. The van der Waals surface area contributed by atoms with Crippen LogP contribution in [-0.4, -0.2) is 28.9 Å². The number of aryl methyl sites for hydroxylation is 1. The first-order valence-corrected chi connectivity index (χ1v) is 8.70. The van der Waals surface area contributed by atoms with Gasteiger partial charge in [-0.3, -0.25) is 9.59 Å². The maximum absolute atomic E-state index is 12.4. The van der Waals surface area contributed by atoms with Crippen LogP contribution in [0.15, 0.2) is 47.4 Å². The number of aromatic amines is 1. The average molecular weight is 345 g/mol. The first-order chi connectivity index (χ1) is 11.6. The Morgan fingerprint density at radius 3 is 2.71 bits per heavy atom. The van der Waals surface area contributed by atoms with Gasteiger partial charge in [-0.15, -0.1) is 0 Å². The lowest BCUT2D eigenvalue weighted by Crippen LogP contribution is -2.38. The van der Waals surface area contributed by atoms with Gasteiger partial charge in [-0.2, -0.15) is 0 Å². The van der Waals surface area contributed by atoms with Gasteiger partial charge in [0.15, 0.2) is 0 Å². The van der Waals surface area contributed by atoms with E-state index in [0.29, 0.717) is 23.8 Å². The zero-order valence-electron chi connectivity index (χ0n) is 13.5. The lowest BCUT2D eigenvalue weighted by molar-refractivity contribution is -0.132. The molecule has 4 nitrogen and oxygen atoms in total. The molecule has 1 aliphatic rings. The largest absolute Gasteiger partial charge is 0.343 e. The molecule has 0 atom stereocenters. The molecule has 2 heterocycles. The SMILES string of the molecule is O=C(CCc1cccc(Cl)c1)N1CCC(c2cc[nH]c(=O)c2)CC1. The summed E-state index contributed by atoms with van der Waals surface area (Å²) >= 11 is 5.97. The first kappa shape index (κ1) is 16.8. The van der Waals surface area contributed by atoms with Crippen LogP contribution in [0.5, 0.6) is 0 Å². The van der Waals surface area contributed by atoms with E-state index in [1.165, 1.54) is 0 Å². The Kier molecular flexibility index (Phi) is 5.36. The van der Waals surface area contributed by atoms with E-state index in [1.54, 1.807) is 12.3 Å². The lowest BCUT2D eigenvalue weighted by Gasteiger charge is -2.32. The first-order valence-electron chi connectivity index (χ1n) is 8.32. The van der Waals surface area contributed by atoms with Crippen molar-refractivity contribution >= 4 is 17.5 Å². The number of likely N-dealkylation sites (tertiary alicyclic amines) is 1. The van der Waals surface area contributed by atoms with Crippen molar-refractivity contribution in [2.24, 2.45) is 0 Å². The molecule has 1 N–H and O–H groups in total. The van der Waals surface area contributed by atoms with E-state index >= 15 is 0 Å². The van der Waals surface area contributed by atoms with Crippen molar-refractivity contribution in [2.75, 3.05) is 13.1 Å². The van der Waals surface area contributed by atoms with Gasteiger partial charge in [0.2, 0.25) is 11.5 Å². The molecule has 1 aromatic carbocycles. The molecule has 1 aromatic heterocycles. The highest BCUT2D eigenvalue weighted by Gasteiger charge is 2.23. The van der Waals surface area contributed by atoms with Gasteiger partial charge >= 0.3 is 0 Å². The normalized spacial score (nSPS) is 15.5. The van der Waals surface area contributed by atoms with Crippen molar-refractivity contribution in [3.8, 4) is 0 Å². The molecular weight excluding hydrogens is 324 g/mol. The number of carbonyl (C=O) groups excluding carboxylic acids is 1. The molecule has 3 rings (SSSR count). The summed E-state index contributed by atoms with van der Waals surface area (Å²) in [6.07, 6.45) is 4.74. The van der Waals surface area contributed by atoms with E-state index in [1.807, 2.05) is 35.2 Å². The van der Waals surface area contributed by atoms with Crippen LogP contribution < -0.4 is 5.56 Å². The number of hydrogen-bond donors (Lipinski definition) is 1. The van der Waals surface area contributed by atoms with E-state index in [4.69, 9.17) is 11.6 Å². The number of amides is 1. The van der Waals surface area contributed by atoms with Gasteiger partial charge in [0.25, 0.3) is 0 Å². The molecule has 126 valence electrons. The Morgan fingerprint density at radius 1 is 1.21 bits per heavy atom. The number of piperidine rings is 1. The molecule has 24 heavy (non-hydrogen) atoms. The molecule has 0 bridgehead atoms. The van der Waals surface area contributed by atoms with E-state index in [-0.39, 0.29) is 11.5 Å². The molecule has 0 spiro atoms. The third kappa shape index (κ3) is 4.26. The fourth-order valence-electron chi connectivity index (χ4n) is 3.28. The molecule has 0 unspecified atom stereocenters. The fraction of sp³-hybridized carbons (Fsp3) is 0.368. The van der Waals surface area contributed by atoms with Crippen molar-refractivity contribution in [2.45, 2.75) is 31.6 Å². The molecule has 0 aliphatic carbocycles. The Balaban J connectivity index is 1.51. The van der Waals surface area contributed by atoms with Crippen LogP contribution in [0.4, 0.5) is 0 Å². The van der Waals surface area contributed by atoms with Crippen molar-refractivity contribution in [1.82, 2.24) is 9.88 Å². The fourth-order valence-corrected chi connectivity index (χ4v) is 3.49. The topological polar surface area (TPSA) is 53.2 Å². The molecule has 5 heteroatoms. The van der Waals surface area contributed by atoms with Crippen molar-refractivity contribution in [3.05, 3.63) is 69.1 Å². The summed E-state index contributed by atoms with van der Waals surface area (Å²) in [5.74, 6) is 0.559. The minimum atomic E-state index is -0.0625. The number of carbonyl (C=O) groups is 1. The third-order valence-electron chi connectivity index (χ3n) is 4.63. The number of hydrogen-bond acceptors (Lipinski definition) is 2. The molecule has 1 saturated heterocycles. The number of nitrogens with one attached hydrogen (secondary N) is 1. The van der Waals surface area contributed by atoms with E-state index in [9.17, 15) is 9.59 Å². The Bertz CT molecular complexity index is 764. The van der Waals surface area contributed by atoms with Crippen LogP contribution in [0.25, 0.3) is 0 Å². The van der Waals surface area contributed by atoms with E-state index in [0.717, 1.165) is 37.1 Å². The van der Waals surface area contributed by atoms with Crippen LogP contribution >= 0.6 is 11.6 Å².